The van der Waals surface area contributed by atoms with E-state index in [4.69, 9.17) is 22.3 Å². The van der Waals surface area contributed by atoms with E-state index in [0.717, 1.165) is 22.2 Å². The summed E-state index contributed by atoms with van der Waals surface area (Å²) in [6, 6.07) is 15.2. The van der Waals surface area contributed by atoms with E-state index in [1.165, 1.54) is 0 Å². The first-order valence-electron chi connectivity index (χ1n) is 6.46. The van der Waals surface area contributed by atoms with E-state index < -0.39 is 0 Å². The third-order valence-electron chi connectivity index (χ3n) is 3.44. The van der Waals surface area contributed by atoms with Crippen LogP contribution in [0, 0.1) is 10.8 Å². The summed E-state index contributed by atoms with van der Waals surface area (Å²) in [5.74, 6) is 0.114. The Hall–Kier alpha value is -2.58. The molecule has 0 aliphatic heterocycles. The second-order valence-electron chi connectivity index (χ2n) is 4.89. The van der Waals surface area contributed by atoms with Crippen molar-refractivity contribution in [1.82, 2.24) is 4.98 Å². The fourth-order valence-electron chi connectivity index (χ4n) is 2.28. The van der Waals surface area contributed by atoms with Crippen LogP contribution >= 0.6 is 24.8 Å². The SMILES string of the molecule is Cl.Cl.N=C(N)c1ccc(-c2cc3ccc(C(=N)N)cc3[nH]2)cc1.O.O. The summed E-state index contributed by atoms with van der Waals surface area (Å²) in [4.78, 5) is 3.32. The lowest BCUT2D eigenvalue weighted by Gasteiger charge is -2.01. The molecule has 7 nitrogen and oxygen atoms in total. The molecule has 1 heterocycles. The van der Waals surface area contributed by atoms with Crippen molar-refractivity contribution >= 4 is 47.4 Å². The average Bonchev–Trinajstić information content (AvgIpc) is 2.90. The van der Waals surface area contributed by atoms with Gasteiger partial charge in [0.2, 0.25) is 0 Å². The maximum atomic E-state index is 7.48. The number of benzene rings is 2. The standard InChI is InChI=1S/C16H15N5.2ClH.2H2O/c17-15(18)10-3-1-9(2-4-10)13-7-11-5-6-12(16(19)20)8-14(11)21-13;;;;/h1-8,21H,(H3,17,18)(H3,19,20);2*1H;2*1H2. The molecule has 0 spiro atoms. The lowest BCUT2D eigenvalue weighted by atomic mass is 10.1. The van der Waals surface area contributed by atoms with Crippen molar-refractivity contribution in [2.75, 3.05) is 0 Å². The number of aromatic amines is 1. The number of rotatable bonds is 3. The molecule has 0 aliphatic rings. The molecule has 9 heteroatoms. The van der Waals surface area contributed by atoms with Gasteiger partial charge in [0, 0.05) is 27.7 Å². The Morgan fingerprint density at radius 2 is 1.28 bits per heavy atom. The number of nitrogens with one attached hydrogen (secondary N) is 3. The van der Waals surface area contributed by atoms with Crippen molar-refractivity contribution in [3.63, 3.8) is 0 Å². The fraction of sp³-hybridized carbons (Fsp3) is 0. The normalized spacial score (nSPS) is 8.96. The van der Waals surface area contributed by atoms with Crippen LogP contribution in [0.5, 0.6) is 0 Å². The number of halogens is 2. The third kappa shape index (κ3) is 4.94. The first kappa shape index (κ1) is 24.7. The summed E-state index contributed by atoms with van der Waals surface area (Å²) in [7, 11) is 0. The first-order chi connectivity index (χ1) is 10.0. The molecule has 0 bridgehead atoms. The molecule has 0 fully saturated rings. The molecule has 0 unspecified atom stereocenters. The molecule has 2 aromatic carbocycles. The van der Waals surface area contributed by atoms with Crippen LogP contribution in [0.1, 0.15) is 11.1 Å². The molecule has 3 aromatic rings. The quantitative estimate of drug-likeness (QED) is 0.339. The van der Waals surface area contributed by atoms with E-state index in [-0.39, 0.29) is 47.4 Å². The largest absolute Gasteiger partial charge is 0.412 e. The number of aromatic nitrogens is 1. The van der Waals surface area contributed by atoms with Gasteiger partial charge in [-0.05, 0) is 17.7 Å². The summed E-state index contributed by atoms with van der Waals surface area (Å²) in [5, 5.41) is 15.9. The predicted octanol–water partition coefficient (Wildman–Crippen LogP) is 1.60. The van der Waals surface area contributed by atoms with Crippen molar-refractivity contribution in [3.8, 4) is 11.3 Å². The zero-order valence-corrected chi connectivity index (χ0v) is 14.7. The van der Waals surface area contributed by atoms with Crippen molar-refractivity contribution in [3.05, 3.63) is 59.7 Å². The molecule has 25 heavy (non-hydrogen) atoms. The molecule has 0 saturated heterocycles. The number of H-pyrrole nitrogens is 1. The van der Waals surface area contributed by atoms with Gasteiger partial charge in [-0.3, -0.25) is 10.8 Å². The van der Waals surface area contributed by atoms with Crippen molar-refractivity contribution in [2.24, 2.45) is 11.5 Å². The summed E-state index contributed by atoms with van der Waals surface area (Å²) < 4.78 is 0. The van der Waals surface area contributed by atoms with E-state index in [9.17, 15) is 0 Å². The van der Waals surface area contributed by atoms with E-state index >= 15 is 0 Å². The number of nitrogen functional groups attached to an aromatic ring is 2. The van der Waals surface area contributed by atoms with Crippen molar-refractivity contribution in [1.29, 1.82) is 10.8 Å². The molecular formula is C16H21Cl2N5O2. The highest BCUT2D eigenvalue weighted by Crippen LogP contribution is 2.25. The van der Waals surface area contributed by atoms with Gasteiger partial charge < -0.3 is 27.4 Å². The summed E-state index contributed by atoms with van der Waals surface area (Å²) in [6.45, 7) is 0. The maximum Gasteiger partial charge on any atom is 0.122 e. The Balaban J connectivity index is 0. The van der Waals surface area contributed by atoms with Gasteiger partial charge in [0.05, 0.1) is 0 Å². The van der Waals surface area contributed by atoms with Crippen LogP contribution in [0.15, 0.2) is 48.5 Å². The molecule has 0 saturated carbocycles. The zero-order valence-electron chi connectivity index (χ0n) is 13.1. The second-order valence-corrected chi connectivity index (χ2v) is 4.89. The minimum atomic E-state index is 0. The molecule has 0 radical (unpaired) electrons. The van der Waals surface area contributed by atoms with Crippen LogP contribution in [0.4, 0.5) is 0 Å². The van der Waals surface area contributed by atoms with Crippen molar-refractivity contribution < 1.29 is 11.0 Å². The van der Waals surface area contributed by atoms with Gasteiger partial charge in [-0.1, -0.05) is 36.4 Å². The molecule has 0 aliphatic carbocycles. The molecule has 136 valence electrons. The van der Waals surface area contributed by atoms with Crippen LogP contribution in [-0.4, -0.2) is 27.6 Å². The van der Waals surface area contributed by atoms with Gasteiger partial charge in [-0.25, -0.2) is 0 Å². The molecular weight excluding hydrogens is 365 g/mol. The predicted molar refractivity (Wildman–Crippen MR) is 107 cm³/mol. The van der Waals surface area contributed by atoms with E-state index in [2.05, 4.69) is 4.98 Å². The Labute approximate surface area is 156 Å². The van der Waals surface area contributed by atoms with Crippen molar-refractivity contribution in [2.45, 2.75) is 0 Å². The van der Waals surface area contributed by atoms with Crippen LogP contribution in [0.3, 0.4) is 0 Å². The minimum Gasteiger partial charge on any atom is -0.412 e. The van der Waals surface area contributed by atoms with Crippen LogP contribution < -0.4 is 11.5 Å². The summed E-state index contributed by atoms with van der Waals surface area (Å²) in [5.41, 5.74) is 15.3. The number of nitrogens with two attached hydrogens (primary N) is 2. The number of hydrogen-bond acceptors (Lipinski definition) is 2. The Kier molecular flexibility index (Phi) is 9.52. The maximum absolute atomic E-state index is 7.48. The van der Waals surface area contributed by atoms with Gasteiger partial charge in [0.15, 0.2) is 0 Å². The van der Waals surface area contributed by atoms with E-state index in [1.807, 2.05) is 48.5 Å². The van der Waals surface area contributed by atoms with Gasteiger partial charge in [0.25, 0.3) is 0 Å². The lowest BCUT2D eigenvalue weighted by Crippen LogP contribution is -2.10. The van der Waals surface area contributed by atoms with Gasteiger partial charge in [0.1, 0.15) is 11.7 Å². The lowest BCUT2D eigenvalue weighted by molar-refractivity contribution is 0.823. The Bertz CT molecular complexity index is 863. The van der Waals surface area contributed by atoms with E-state index in [0.29, 0.717) is 11.1 Å². The molecule has 11 N–H and O–H groups in total. The third-order valence-corrected chi connectivity index (χ3v) is 3.44. The zero-order chi connectivity index (χ0) is 15.0. The van der Waals surface area contributed by atoms with Crippen LogP contribution in [0.2, 0.25) is 0 Å². The molecule has 0 atom stereocenters. The monoisotopic (exact) mass is 385 g/mol. The number of amidine groups is 2. The first-order valence-corrected chi connectivity index (χ1v) is 6.46. The van der Waals surface area contributed by atoms with Gasteiger partial charge >= 0.3 is 0 Å². The topological polar surface area (TPSA) is 179 Å². The van der Waals surface area contributed by atoms with Crippen LogP contribution in [-0.2, 0) is 0 Å². The molecule has 1 aromatic heterocycles. The van der Waals surface area contributed by atoms with Crippen LogP contribution in [0.25, 0.3) is 22.2 Å². The molecule has 0 amide bonds. The highest BCUT2D eigenvalue weighted by Gasteiger charge is 2.06. The minimum absolute atomic E-state index is 0. The Morgan fingerprint density at radius 3 is 1.80 bits per heavy atom. The average molecular weight is 386 g/mol. The van der Waals surface area contributed by atoms with Gasteiger partial charge in [-0.2, -0.15) is 0 Å². The smallest absolute Gasteiger partial charge is 0.122 e. The fourth-order valence-corrected chi connectivity index (χ4v) is 2.28. The second kappa shape index (κ2) is 9.65. The van der Waals surface area contributed by atoms with E-state index in [1.54, 1.807) is 0 Å². The highest BCUT2D eigenvalue weighted by molar-refractivity contribution is 5.99. The number of fused-ring (bicyclic) bond motifs is 1. The summed E-state index contributed by atoms with van der Waals surface area (Å²) in [6.07, 6.45) is 0. The highest BCUT2D eigenvalue weighted by atomic mass is 35.5. The summed E-state index contributed by atoms with van der Waals surface area (Å²) >= 11 is 0. The number of hydrogen-bond donors (Lipinski definition) is 5. The Morgan fingerprint density at radius 1 is 0.760 bits per heavy atom. The van der Waals surface area contributed by atoms with Gasteiger partial charge in [-0.15, -0.1) is 24.8 Å². The molecule has 3 rings (SSSR count).